The van der Waals surface area contributed by atoms with Crippen LogP contribution in [0.2, 0.25) is 0 Å². The van der Waals surface area contributed by atoms with Crippen molar-refractivity contribution in [1.29, 1.82) is 0 Å². The van der Waals surface area contributed by atoms with E-state index in [9.17, 15) is 0 Å². The number of hydrogen-bond acceptors (Lipinski definition) is 4. The van der Waals surface area contributed by atoms with E-state index in [1.807, 2.05) is 0 Å². The summed E-state index contributed by atoms with van der Waals surface area (Å²) in [5.41, 5.74) is 0. The Hall–Kier alpha value is -0.860. The summed E-state index contributed by atoms with van der Waals surface area (Å²) in [6, 6.07) is 0. The van der Waals surface area contributed by atoms with E-state index in [1.165, 1.54) is 0 Å². The molecule has 0 unspecified atom stereocenters. The molecule has 0 atom stereocenters. The maximum absolute atomic E-state index is 5.22. The normalized spacial score (nSPS) is 11.7. The number of nitrogens with zero attached hydrogens (tertiary/aromatic N) is 3. The highest BCUT2D eigenvalue weighted by atomic mass is 127. The zero-order valence-electron chi connectivity index (χ0n) is 14.3. The van der Waals surface area contributed by atoms with E-state index >= 15 is 0 Å². The second-order valence-electron chi connectivity index (χ2n) is 5.91. The third-order valence-corrected chi connectivity index (χ3v) is 3.10. The third-order valence-electron chi connectivity index (χ3n) is 3.10. The predicted molar refractivity (Wildman–Crippen MR) is 101 cm³/mol. The number of nitrogens with one attached hydrogen (secondary N) is 2. The molecule has 0 radical (unpaired) electrons. The van der Waals surface area contributed by atoms with E-state index in [4.69, 9.17) is 4.52 Å². The zero-order chi connectivity index (χ0) is 15.7. The molecule has 1 rings (SSSR count). The summed E-state index contributed by atoms with van der Waals surface area (Å²) >= 11 is 0. The van der Waals surface area contributed by atoms with Crippen LogP contribution in [0.25, 0.3) is 0 Å². The first-order valence-electron chi connectivity index (χ1n) is 7.80. The zero-order valence-corrected chi connectivity index (χ0v) is 16.7. The molecule has 1 heterocycles. The number of hydrogen-bond donors (Lipinski definition) is 2. The second-order valence-corrected chi connectivity index (χ2v) is 5.91. The molecule has 7 heteroatoms. The van der Waals surface area contributed by atoms with E-state index in [-0.39, 0.29) is 24.0 Å². The van der Waals surface area contributed by atoms with Crippen molar-refractivity contribution < 1.29 is 4.52 Å². The Bertz CT molecular complexity index is 431. The van der Waals surface area contributed by atoms with Gasteiger partial charge in [0.15, 0.2) is 11.8 Å². The average Bonchev–Trinajstić information content (AvgIpc) is 2.90. The SMILES string of the molecule is CN=C(NCCCc1nc(C(C)C)no1)NCCC(C)C.I. The molecule has 0 aliphatic heterocycles. The van der Waals surface area contributed by atoms with Crippen LogP contribution in [0, 0.1) is 5.92 Å². The van der Waals surface area contributed by atoms with Gasteiger partial charge in [0.05, 0.1) is 0 Å². The minimum atomic E-state index is 0. The molecule has 0 saturated carbocycles. The van der Waals surface area contributed by atoms with Crippen LogP contribution in [-0.4, -0.2) is 36.2 Å². The minimum absolute atomic E-state index is 0. The Labute approximate surface area is 150 Å². The van der Waals surface area contributed by atoms with Crippen LogP contribution in [0.5, 0.6) is 0 Å². The van der Waals surface area contributed by atoms with Crippen molar-refractivity contribution in [2.24, 2.45) is 10.9 Å². The Kier molecular flexibility index (Phi) is 11.2. The topological polar surface area (TPSA) is 75.3 Å². The highest BCUT2D eigenvalue weighted by Crippen LogP contribution is 2.10. The molecule has 22 heavy (non-hydrogen) atoms. The van der Waals surface area contributed by atoms with Gasteiger partial charge in [-0.3, -0.25) is 4.99 Å². The van der Waals surface area contributed by atoms with Crippen molar-refractivity contribution in [2.45, 2.75) is 52.9 Å². The van der Waals surface area contributed by atoms with Crippen molar-refractivity contribution in [2.75, 3.05) is 20.1 Å². The van der Waals surface area contributed by atoms with Crippen LogP contribution in [0.1, 0.15) is 58.2 Å². The summed E-state index contributed by atoms with van der Waals surface area (Å²) < 4.78 is 5.22. The lowest BCUT2D eigenvalue weighted by molar-refractivity contribution is 0.368. The smallest absolute Gasteiger partial charge is 0.226 e. The summed E-state index contributed by atoms with van der Waals surface area (Å²) in [6.07, 6.45) is 2.86. The van der Waals surface area contributed by atoms with Crippen LogP contribution in [0.4, 0.5) is 0 Å². The predicted octanol–water partition coefficient (Wildman–Crippen LogP) is 2.95. The van der Waals surface area contributed by atoms with Gasteiger partial charge in [0.25, 0.3) is 0 Å². The number of aromatic nitrogens is 2. The van der Waals surface area contributed by atoms with Crippen molar-refractivity contribution in [3.63, 3.8) is 0 Å². The van der Waals surface area contributed by atoms with E-state index in [2.05, 4.69) is 53.5 Å². The fourth-order valence-corrected chi connectivity index (χ4v) is 1.75. The monoisotopic (exact) mass is 423 g/mol. The Morgan fingerprint density at radius 2 is 1.86 bits per heavy atom. The van der Waals surface area contributed by atoms with Crippen LogP contribution in [0.3, 0.4) is 0 Å². The van der Waals surface area contributed by atoms with Gasteiger partial charge in [0.1, 0.15) is 0 Å². The molecule has 0 fully saturated rings. The highest BCUT2D eigenvalue weighted by molar-refractivity contribution is 14.0. The maximum Gasteiger partial charge on any atom is 0.226 e. The molecule has 0 amide bonds. The second kappa shape index (κ2) is 11.7. The summed E-state index contributed by atoms with van der Waals surface area (Å²) in [5, 5.41) is 10.6. The van der Waals surface area contributed by atoms with Gasteiger partial charge >= 0.3 is 0 Å². The molecule has 0 saturated heterocycles. The van der Waals surface area contributed by atoms with Gasteiger partial charge in [-0.15, -0.1) is 24.0 Å². The van der Waals surface area contributed by atoms with Crippen molar-refractivity contribution in [3.8, 4) is 0 Å². The number of rotatable bonds is 8. The van der Waals surface area contributed by atoms with Gasteiger partial charge in [-0.25, -0.2) is 0 Å². The van der Waals surface area contributed by atoms with Crippen LogP contribution in [-0.2, 0) is 6.42 Å². The molecule has 0 bridgehead atoms. The number of aliphatic imine (C=N–C) groups is 1. The van der Waals surface area contributed by atoms with E-state index < -0.39 is 0 Å². The Morgan fingerprint density at radius 3 is 2.41 bits per heavy atom. The summed E-state index contributed by atoms with van der Waals surface area (Å²) in [7, 11) is 1.79. The Balaban J connectivity index is 0.00000441. The fourth-order valence-electron chi connectivity index (χ4n) is 1.75. The van der Waals surface area contributed by atoms with Gasteiger partial charge in [0, 0.05) is 32.5 Å². The Morgan fingerprint density at radius 1 is 1.18 bits per heavy atom. The molecule has 0 spiro atoms. The van der Waals surface area contributed by atoms with Crippen LogP contribution < -0.4 is 10.6 Å². The quantitative estimate of drug-likeness (QED) is 0.291. The van der Waals surface area contributed by atoms with Crippen LogP contribution in [0.15, 0.2) is 9.52 Å². The highest BCUT2D eigenvalue weighted by Gasteiger charge is 2.09. The van der Waals surface area contributed by atoms with E-state index in [0.29, 0.717) is 17.7 Å². The standard InChI is InChI=1S/C15H29N5O.HI/c1-11(2)8-10-18-15(16-5)17-9-6-7-13-19-14(12(3)4)20-21-13;/h11-12H,6-10H2,1-5H3,(H2,16,17,18);1H. The number of guanidine groups is 1. The number of aryl methyl sites for hydroxylation is 1. The molecular formula is C15H30IN5O. The first kappa shape index (κ1) is 21.1. The van der Waals surface area contributed by atoms with E-state index in [0.717, 1.165) is 44.1 Å². The lowest BCUT2D eigenvalue weighted by Gasteiger charge is -2.12. The molecule has 1 aromatic rings. The lowest BCUT2D eigenvalue weighted by Crippen LogP contribution is -2.38. The summed E-state index contributed by atoms with van der Waals surface area (Å²) in [6.45, 7) is 10.3. The molecule has 2 N–H and O–H groups in total. The molecular weight excluding hydrogens is 393 g/mol. The van der Waals surface area contributed by atoms with Crippen molar-refractivity contribution >= 4 is 29.9 Å². The largest absolute Gasteiger partial charge is 0.356 e. The first-order chi connectivity index (χ1) is 10.0. The van der Waals surface area contributed by atoms with E-state index in [1.54, 1.807) is 7.05 Å². The molecule has 0 aromatic carbocycles. The summed E-state index contributed by atoms with van der Waals surface area (Å²) in [4.78, 5) is 8.56. The molecule has 0 aliphatic rings. The molecule has 1 aromatic heterocycles. The van der Waals surface area contributed by atoms with Gasteiger partial charge < -0.3 is 15.2 Å². The van der Waals surface area contributed by atoms with Crippen molar-refractivity contribution in [1.82, 2.24) is 20.8 Å². The molecule has 6 nitrogen and oxygen atoms in total. The summed E-state index contributed by atoms with van der Waals surface area (Å²) in [5.74, 6) is 3.35. The van der Waals surface area contributed by atoms with Gasteiger partial charge in [-0.05, 0) is 18.8 Å². The molecule has 0 aliphatic carbocycles. The lowest BCUT2D eigenvalue weighted by atomic mass is 10.1. The van der Waals surface area contributed by atoms with Gasteiger partial charge in [-0.1, -0.05) is 32.9 Å². The molecule has 128 valence electrons. The minimum Gasteiger partial charge on any atom is -0.356 e. The third kappa shape index (κ3) is 8.55. The fraction of sp³-hybridized carbons (Fsp3) is 0.800. The van der Waals surface area contributed by atoms with Crippen molar-refractivity contribution in [3.05, 3.63) is 11.7 Å². The van der Waals surface area contributed by atoms with Gasteiger partial charge in [0.2, 0.25) is 5.89 Å². The van der Waals surface area contributed by atoms with Gasteiger partial charge in [-0.2, -0.15) is 4.98 Å². The first-order valence-corrected chi connectivity index (χ1v) is 7.80. The van der Waals surface area contributed by atoms with Crippen LogP contribution >= 0.6 is 24.0 Å². The maximum atomic E-state index is 5.22. The average molecular weight is 423 g/mol. The number of halogens is 1.